The van der Waals surface area contributed by atoms with E-state index in [9.17, 15) is 13.2 Å². The first-order valence-corrected chi connectivity index (χ1v) is 8.84. The molecule has 1 aliphatic heterocycles. The molecule has 0 aliphatic carbocycles. The molecule has 1 aromatic carbocycles. The zero-order valence-electron chi connectivity index (χ0n) is 11.3. The Morgan fingerprint density at radius 1 is 1.19 bits per heavy atom. The summed E-state index contributed by atoms with van der Waals surface area (Å²) in [6.45, 7) is 1.24. The topological polar surface area (TPSA) is 69.7 Å². The van der Waals surface area contributed by atoms with Crippen LogP contribution in [0, 0.1) is 0 Å². The van der Waals surface area contributed by atoms with E-state index in [4.69, 9.17) is 23.2 Å². The first kappa shape index (κ1) is 16.4. The van der Waals surface area contributed by atoms with Gasteiger partial charge in [0.15, 0.2) is 0 Å². The average molecular weight is 352 g/mol. The third kappa shape index (κ3) is 4.00. The minimum absolute atomic E-state index is 0.280. The highest BCUT2D eigenvalue weighted by atomic mass is 35.5. The number of nitrogens with zero attached hydrogens (tertiary/aromatic N) is 2. The standard InChI is InChI=1S/C12H15Cl2N3O3S/c1-21(19,20)17-7-5-16(6-8-17)12(18)15-10-4-2-3-9(13)11(10)14/h2-4H,5-8H2,1H3,(H,15,18). The van der Waals surface area contributed by atoms with Gasteiger partial charge in [-0.05, 0) is 12.1 Å². The van der Waals surface area contributed by atoms with E-state index in [2.05, 4.69) is 5.32 Å². The molecule has 116 valence electrons. The molecule has 2 amide bonds. The molecule has 9 heteroatoms. The van der Waals surface area contributed by atoms with E-state index in [1.807, 2.05) is 0 Å². The highest BCUT2D eigenvalue weighted by molar-refractivity contribution is 7.88. The number of hydrogen-bond acceptors (Lipinski definition) is 3. The van der Waals surface area contributed by atoms with Crippen LogP contribution in [0.2, 0.25) is 10.0 Å². The molecule has 1 fully saturated rings. The van der Waals surface area contributed by atoms with Crippen molar-refractivity contribution in [3.63, 3.8) is 0 Å². The summed E-state index contributed by atoms with van der Waals surface area (Å²) in [6.07, 6.45) is 1.16. The van der Waals surface area contributed by atoms with Crippen molar-refractivity contribution in [2.24, 2.45) is 0 Å². The molecule has 1 aromatic rings. The quantitative estimate of drug-likeness (QED) is 0.886. The summed E-state index contributed by atoms with van der Waals surface area (Å²) >= 11 is 11.9. The number of carbonyl (C=O) groups excluding carboxylic acids is 1. The van der Waals surface area contributed by atoms with Gasteiger partial charge in [0.2, 0.25) is 10.0 Å². The molecule has 1 heterocycles. The number of rotatable bonds is 2. The lowest BCUT2D eigenvalue weighted by molar-refractivity contribution is 0.184. The third-order valence-corrected chi connectivity index (χ3v) is 5.31. The van der Waals surface area contributed by atoms with Gasteiger partial charge in [-0.3, -0.25) is 0 Å². The van der Waals surface area contributed by atoms with Gasteiger partial charge in [-0.15, -0.1) is 0 Å². The zero-order chi connectivity index (χ0) is 15.6. The summed E-state index contributed by atoms with van der Waals surface area (Å²) in [4.78, 5) is 13.7. The van der Waals surface area contributed by atoms with Crippen LogP contribution in [0.3, 0.4) is 0 Å². The zero-order valence-corrected chi connectivity index (χ0v) is 13.7. The van der Waals surface area contributed by atoms with E-state index in [-0.39, 0.29) is 24.1 Å². The summed E-state index contributed by atoms with van der Waals surface area (Å²) in [5.41, 5.74) is 0.430. The molecular formula is C12H15Cl2N3O3S. The Bertz CT molecular complexity index is 643. The van der Waals surface area contributed by atoms with Crippen LogP contribution in [-0.2, 0) is 10.0 Å². The van der Waals surface area contributed by atoms with Crippen LogP contribution in [0.15, 0.2) is 18.2 Å². The van der Waals surface area contributed by atoms with Gasteiger partial charge in [0.25, 0.3) is 0 Å². The van der Waals surface area contributed by atoms with E-state index in [1.54, 1.807) is 23.1 Å². The summed E-state index contributed by atoms with van der Waals surface area (Å²) in [5, 5.41) is 3.31. The molecule has 0 aromatic heterocycles. The molecule has 6 nitrogen and oxygen atoms in total. The van der Waals surface area contributed by atoms with E-state index in [0.717, 1.165) is 6.26 Å². The van der Waals surface area contributed by atoms with Gasteiger partial charge < -0.3 is 10.2 Å². The maximum Gasteiger partial charge on any atom is 0.321 e. The molecule has 1 aliphatic rings. The van der Waals surface area contributed by atoms with Crippen molar-refractivity contribution in [3.05, 3.63) is 28.2 Å². The van der Waals surface area contributed by atoms with Gasteiger partial charge >= 0.3 is 6.03 Å². The molecule has 1 saturated heterocycles. The molecule has 0 radical (unpaired) electrons. The smallest absolute Gasteiger partial charge is 0.321 e. The highest BCUT2D eigenvalue weighted by Crippen LogP contribution is 2.29. The Labute approximate surface area is 133 Å². The van der Waals surface area contributed by atoms with Crippen LogP contribution in [0.5, 0.6) is 0 Å². The predicted octanol–water partition coefficient (Wildman–Crippen LogP) is 2.10. The minimum atomic E-state index is -3.21. The molecule has 0 bridgehead atoms. The summed E-state index contributed by atoms with van der Waals surface area (Å²) in [5.74, 6) is 0. The van der Waals surface area contributed by atoms with Crippen molar-refractivity contribution in [3.8, 4) is 0 Å². The van der Waals surface area contributed by atoms with Gasteiger partial charge in [-0.2, -0.15) is 4.31 Å². The van der Waals surface area contributed by atoms with Crippen LogP contribution in [0.25, 0.3) is 0 Å². The number of benzene rings is 1. The molecule has 2 rings (SSSR count). The normalized spacial score (nSPS) is 16.8. The Hall–Kier alpha value is -1.02. The van der Waals surface area contributed by atoms with Crippen LogP contribution in [0.4, 0.5) is 10.5 Å². The van der Waals surface area contributed by atoms with Crippen molar-refractivity contribution in [2.45, 2.75) is 0 Å². The minimum Gasteiger partial charge on any atom is -0.322 e. The fourth-order valence-electron chi connectivity index (χ4n) is 2.02. The Morgan fingerprint density at radius 3 is 2.38 bits per heavy atom. The largest absolute Gasteiger partial charge is 0.322 e. The van der Waals surface area contributed by atoms with E-state index in [0.29, 0.717) is 23.8 Å². The molecule has 21 heavy (non-hydrogen) atoms. The summed E-state index contributed by atoms with van der Waals surface area (Å²) < 4.78 is 24.2. The number of halogens is 2. The molecule has 0 spiro atoms. The monoisotopic (exact) mass is 351 g/mol. The summed E-state index contributed by atoms with van der Waals surface area (Å²) in [6, 6.07) is 4.64. The second-order valence-electron chi connectivity index (χ2n) is 4.68. The highest BCUT2D eigenvalue weighted by Gasteiger charge is 2.26. The van der Waals surface area contributed by atoms with Crippen molar-refractivity contribution >= 4 is 44.9 Å². The van der Waals surface area contributed by atoms with Crippen molar-refractivity contribution in [1.82, 2.24) is 9.21 Å². The predicted molar refractivity (Wildman–Crippen MR) is 83.5 cm³/mol. The Kier molecular flexibility index (Phi) is 4.98. The number of carbonyl (C=O) groups is 1. The molecule has 0 atom stereocenters. The summed E-state index contributed by atoms with van der Waals surface area (Å²) in [7, 11) is -3.21. The van der Waals surface area contributed by atoms with E-state index < -0.39 is 10.0 Å². The number of piperazine rings is 1. The lowest BCUT2D eigenvalue weighted by Crippen LogP contribution is -2.51. The first-order chi connectivity index (χ1) is 9.79. The van der Waals surface area contributed by atoms with Crippen LogP contribution in [-0.4, -0.2) is 56.1 Å². The van der Waals surface area contributed by atoms with Crippen molar-refractivity contribution < 1.29 is 13.2 Å². The van der Waals surface area contributed by atoms with Gasteiger partial charge in [-0.25, -0.2) is 13.2 Å². The van der Waals surface area contributed by atoms with E-state index >= 15 is 0 Å². The van der Waals surface area contributed by atoms with Gasteiger partial charge in [-0.1, -0.05) is 29.3 Å². The second-order valence-corrected chi connectivity index (χ2v) is 7.45. The molecule has 0 saturated carbocycles. The first-order valence-electron chi connectivity index (χ1n) is 6.24. The number of hydrogen-bond donors (Lipinski definition) is 1. The lowest BCUT2D eigenvalue weighted by atomic mass is 10.3. The van der Waals surface area contributed by atoms with Crippen LogP contribution >= 0.6 is 23.2 Å². The van der Waals surface area contributed by atoms with Crippen molar-refractivity contribution in [2.75, 3.05) is 37.8 Å². The SMILES string of the molecule is CS(=O)(=O)N1CCN(C(=O)Nc2cccc(Cl)c2Cl)CC1. The fourth-order valence-corrected chi connectivity index (χ4v) is 3.19. The average Bonchev–Trinajstić information content (AvgIpc) is 2.43. The Morgan fingerprint density at radius 2 is 1.81 bits per heavy atom. The van der Waals surface area contributed by atoms with Crippen LogP contribution < -0.4 is 5.32 Å². The second kappa shape index (κ2) is 6.39. The van der Waals surface area contributed by atoms with Gasteiger partial charge in [0.1, 0.15) is 0 Å². The van der Waals surface area contributed by atoms with Gasteiger partial charge in [0.05, 0.1) is 22.0 Å². The number of anilines is 1. The maximum atomic E-state index is 12.1. The van der Waals surface area contributed by atoms with Crippen LogP contribution in [0.1, 0.15) is 0 Å². The molecule has 0 unspecified atom stereocenters. The maximum absolute atomic E-state index is 12.1. The number of amides is 2. The third-order valence-electron chi connectivity index (χ3n) is 3.19. The number of urea groups is 1. The number of nitrogens with one attached hydrogen (secondary N) is 1. The van der Waals surface area contributed by atoms with E-state index in [1.165, 1.54) is 4.31 Å². The lowest BCUT2D eigenvalue weighted by Gasteiger charge is -2.33. The number of sulfonamides is 1. The molecule has 1 N–H and O–H groups in total. The fraction of sp³-hybridized carbons (Fsp3) is 0.417. The van der Waals surface area contributed by atoms with Crippen molar-refractivity contribution in [1.29, 1.82) is 0 Å². The molecular weight excluding hydrogens is 337 g/mol. The Balaban J connectivity index is 1.98. The van der Waals surface area contributed by atoms with Gasteiger partial charge in [0, 0.05) is 26.2 Å².